The minimum atomic E-state index is -4.57. The van der Waals surface area contributed by atoms with Crippen molar-refractivity contribution in [2.45, 2.75) is 32.6 Å². The van der Waals surface area contributed by atoms with Gasteiger partial charge in [0.2, 0.25) is 5.95 Å². The predicted molar refractivity (Wildman–Crippen MR) is 123 cm³/mol. The van der Waals surface area contributed by atoms with Gasteiger partial charge in [0.25, 0.3) is 0 Å². The Labute approximate surface area is 200 Å². The third-order valence-corrected chi connectivity index (χ3v) is 5.47. The molecule has 0 spiro atoms. The summed E-state index contributed by atoms with van der Waals surface area (Å²) in [4.78, 5) is 9.58. The largest absolute Gasteiger partial charge is 0.433 e. The maximum absolute atomic E-state index is 13.3. The van der Waals surface area contributed by atoms with Crippen LogP contribution >= 0.6 is 0 Å². The number of rotatable bonds is 8. The first-order valence-corrected chi connectivity index (χ1v) is 10.9. The molecule has 0 radical (unpaired) electrons. The van der Waals surface area contributed by atoms with Crippen LogP contribution in [0.1, 0.15) is 33.8 Å². The van der Waals surface area contributed by atoms with Crippen molar-refractivity contribution in [3.8, 4) is 6.07 Å². The van der Waals surface area contributed by atoms with Crippen LogP contribution in [0, 0.1) is 18.3 Å². The van der Waals surface area contributed by atoms with Crippen LogP contribution in [0.5, 0.6) is 0 Å². The lowest BCUT2D eigenvalue weighted by Gasteiger charge is -2.23. The van der Waals surface area contributed by atoms with E-state index in [1.54, 1.807) is 23.4 Å². The molecule has 0 saturated carbocycles. The van der Waals surface area contributed by atoms with Gasteiger partial charge in [-0.05, 0) is 42.7 Å². The van der Waals surface area contributed by atoms with Crippen LogP contribution < -0.4 is 4.90 Å². The average molecular weight is 477 g/mol. The fourth-order valence-electron chi connectivity index (χ4n) is 3.51. The van der Waals surface area contributed by atoms with Gasteiger partial charge in [-0.15, -0.1) is 10.2 Å². The zero-order chi connectivity index (χ0) is 24.8. The summed E-state index contributed by atoms with van der Waals surface area (Å²) in [6.07, 6.45) is -1.30. The van der Waals surface area contributed by atoms with Gasteiger partial charge in [-0.25, -0.2) is 9.97 Å². The third-order valence-electron chi connectivity index (χ3n) is 5.47. The minimum Gasteiger partial charge on any atom is -0.333 e. The Morgan fingerprint density at radius 1 is 1.00 bits per heavy atom. The van der Waals surface area contributed by atoms with Gasteiger partial charge < -0.3 is 9.47 Å². The summed E-state index contributed by atoms with van der Waals surface area (Å²) in [6, 6.07) is 18.0. The molecule has 7 nitrogen and oxygen atoms in total. The molecule has 178 valence electrons. The highest BCUT2D eigenvalue weighted by Gasteiger charge is 2.33. The molecule has 0 aliphatic carbocycles. The van der Waals surface area contributed by atoms with Crippen LogP contribution in [0.25, 0.3) is 0 Å². The van der Waals surface area contributed by atoms with E-state index in [4.69, 9.17) is 5.26 Å². The number of alkyl halides is 3. The van der Waals surface area contributed by atoms with E-state index in [1.165, 1.54) is 0 Å². The monoisotopic (exact) mass is 477 g/mol. The Kier molecular flexibility index (Phi) is 7.06. The van der Waals surface area contributed by atoms with E-state index < -0.39 is 11.9 Å². The SMILES string of the molecule is Cc1ccc(CCN(Cc2nncn2Cc2ccc(C#N)cc2)c2nccc(C(F)(F)F)n2)cc1. The van der Waals surface area contributed by atoms with E-state index in [2.05, 4.69) is 26.2 Å². The molecule has 0 aliphatic rings. The first kappa shape index (κ1) is 23.9. The molecule has 0 bridgehead atoms. The highest BCUT2D eigenvalue weighted by molar-refractivity contribution is 5.34. The zero-order valence-electron chi connectivity index (χ0n) is 18.9. The number of benzene rings is 2. The number of aryl methyl sites for hydroxylation is 1. The second kappa shape index (κ2) is 10.3. The van der Waals surface area contributed by atoms with Crippen molar-refractivity contribution >= 4 is 5.95 Å². The highest BCUT2D eigenvalue weighted by Crippen LogP contribution is 2.28. The number of nitriles is 1. The second-order valence-electron chi connectivity index (χ2n) is 8.08. The van der Waals surface area contributed by atoms with Gasteiger partial charge in [0.05, 0.1) is 24.7 Å². The van der Waals surface area contributed by atoms with Gasteiger partial charge in [-0.1, -0.05) is 42.0 Å². The molecule has 0 fully saturated rings. The molecule has 2 aromatic carbocycles. The first-order valence-electron chi connectivity index (χ1n) is 10.9. The summed E-state index contributed by atoms with van der Waals surface area (Å²) in [6.45, 7) is 2.99. The summed E-state index contributed by atoms with van der Waals surface area (Å²) in [5, 5.41) is 17.2. The summed E-state index contributed by atoms with van der Waals surface area (Å²) in [7, 11) is 0. The van der Waals surface area contributed by atoms with Crippen LogP contribution in [0.2, 0.25) is 0 Å². The number of hydrogen-bond acceptors (Lipinski definition) is 6. The van der Waals surface area contributed by atoms with Crippen molar-refractivity contribution < 1.29 is 13.2 Å². The Morgan fingerprint density at radius 3 is 2.40 bits per heavy atom. The van der Waals surface area contributed by atoms with Crippen molar-refractivity contribution in [3.63, 3.8) is 0 Å². The molecule has 0 atom stereocenters. The predicted octanol–water partition coefficient (Wildman–Crippen LogP) is 4.56. The fraction of sp³-hybridized carbons (Fsp3) is 0.240. The van der Waals surface area contributed by atoms with Crippen molar-refractivity contribution in [1.29, 1.82) is 5.26 Å². The van der Waals surface area contributed by atoms with Crippen molar-refractivity contribution in [1.82, 2.24) is 24.7 Å². The Hall–Kier alpha value is -4.26. The van der Waals surface area contributed by atoms with E-state index in [-0.39, 0.29) is 12.5 Å². The lowest BCUT2D eigenvalue weighted by molar-refractivity contribution is -0.141. The number of nitrogens with zero attached hydrogens (tertiary/aromatic N) is 7. The highest BCUT2D eigenvalue weighted by atomic mass is 19.4. The smallest absolute Gasteiger partial charge is 0.333 e. The molecule has 0 N–H and O–H groups in total. The molecule has 4 rings (SSSR count). The number of anilines is 1. The molecule has 0 aliphatic heterocycles. The topological polar surface area (TPSA) is 83.5 Å². The Balaban J connectivity index is 1.59. The molecule has 2 heterocycles. The van der Waals surface area contributed by atoms with E-state index in [1.807, 2.05) is 47.9 Å². The minimum absolute atomic E-state index is 0.0279. The van der Waals surface area contributed by atoms with Crippen LogP contribution in [-0.2, 0) is 25.7 Å². The summed E-state index contributed by atoms with van der Waals surface area (Å²) >= 11 is 0. The van der Waals surface area contributed by atoms with E-state index >= 15 is 0 Å². The van der Waals surface area contributed by atoms with Gasteiger partial charge >= 0.3 is 6.18 Å². The van der Waals surface area contributed by atoms with E-state index in [0.29, 0.717) is 30.9 Å². The molecule has 0 saturated heterocycles. The van der Waals surface area contributed by atoms with Gasteiger partial charge in [0.15, 0.2) is 5.82 Å². The van der Waals surface area contributed by atoms with Crippen molar-refractivity contribution in [2.75, 3.05) is 11.4 Å². The van der Waals surface area contributed by atoms with Crippen molar-refractivity contribution in [2.24, 2.45) is 0 Å². The summed E-state index contributed by atoms with van der Waals surface area (Å²) in [5.41, 5.74) is 2.67. The Morgan fingerprint density at radius 2 is 1.71 bits per heavy atom. The molecule has 10 heteroatoms. The van der Waals surface area contributed by atoms with Crippen LogP contribution in [0.15, 0.2) is 67.1 Å². The van der Waals surface area contributed by atoms with E-state index in [0.717, 1.165) is 29.0 Å². The van der Waals surface area contributed by atoms with E-state index in [9.17, 15) is 13.2 Å². The molecular formula is C25H22F3N7. The molecule has 0 amide bonds. The lowest BCUT2D eigenvalue weighted by atomic mass is 10.1. The maximum Gasteiger partial charge on any atom is 0.433 e. The summed E-state index contributed by atoms with van der Waals surface area (Å²) in [5.74, 6) is 0.527. The van der Waals surface area contributed by atoms with Crippen LogP contribution in [-0.4, -0.2) is 31.3 Å². The van der Waals surface area contributed by atoms with Gasteiger partial charge in [-0.3, -0.25) is 0 Å². The maximum atomic E-state index is 13.3. The molecule has 2 aromatic heterocycles. The molecule has 35 heavy (non-hydrogen) atoms. The number of hydrogen-bond donors (Lipinski definition) is 0. The van der Waals surface area contributed by atoms with Crippen LogP contribution in [0.3, 0.4) is 0 Å². The zero-order valence-corrected chi connectivity index (χ0v) is 18.9. The normalized spacial score (nSPS) is 11.3. The molecule has 4 aromatic rings. The second-order valence-corrected chi connectivity index (χ2v) is 8.08. The summed E-state index contributed by atoms with van der Waals surface area (Å²) < 4.78 is 41.7. The quantitative estimate of drug-likeness (QED) is 0.370. The number of halogens is 3. The molecule has 0 unspecified atom stereocenters. The lowest BCUT2D eigenvalue weighted by Crippen LogP contribution is -2.29. The van der Waals surface area contributed by atoms with Gasteiger partial charge in [0, 0.05) is 12.7 Å². The van der Waals surface area contributed by atoms with Gasteiger partial charge in [-0.2, -0.15) is 18.4 Å². The molecular weight excluding hydrogens is 455 g/mol. The first-order chi connectivity index (χ1) is 16.8. The Bertz CT molecular complexity index is 1310. The standard InChI is InChI=1S/C25H22F3N7/c1-18-2-4-19(5-3-18)11-13-34(24-30-12-10-22(32-24)25(26,27)28)16-23-33-31-17-35(23)15-21-8-6-20(14-29)7-9-21/h2-10,12,17H,11,13,15-16H2,1H3. The fourth-order valence-corrected chi connectivity index (χ4v) is 3.51. The third kappa shape index (κ3) is 6.20. The number of aromatic nitrogens is 5. The van der Waals surface area contributed by atoms with Crippen LogP contribution in [0.4, 0.5) is 19.1 Å². The van der Waals surface area contributed by atoms with Gasteiger partial charge in [0.1, 0.15) is 12.0 Å². The average Bonchev–Trinajstić information content (AvgIpc) is 3.29. The van der Waals surface area contributed by atoms with Crippen molar-refractivity contribution in [3.05, 3.63) is 101 Å².